The van der Waals surface area contributed by atoms with Gasteiger partial charge >= 0.3 is 0 Å². The molecule has 64 valence electrons. The lowest BCUT2D eigenvalue weighted by Crippen LogP contribution is -2.05. The highest BCUT2D eigenvalue weighted by Gasteiger charge is 1.99. The Morgan fingerprint density at radius 2 is 2.00 bits per heavy atom. The molecule has 0 saturated heterocycles. The normalized spacial score (nSPS) is 16.7. The van der Waals surface area contributed by atoms with Crippen LogP contribution in [-0.2, 0) is 0 Å². The van der Waals surface area contributed by atoms with Gasteiger partial charge in [-0.2, -0.15) is 0 Å². The fourth-order valence-corrected chi connectivity index (χ4v) is 0.534. The van der Waals surface area contributed by atoms with Crippen LogP contribution in [0.5, 0.6) is 0 Å². The van der Waals surface area contributed by atoms with E-state index in [1.54, 1.807) is 19.1 Å². The molecule has 2 N–H and O–H groups in total. The van der Waals surface area contributed by atoms with E-state index in [1.165, 1.54) is 0 Å². The number of aliphatic hydroxyl groups is 2. The zero-order valence-corrected chi connectivity index (χ0v) is 7.12. The summed E-state index contributed by atoms with van der Waals surface area (Å²) in [4.78, 5) is 0. The molecule has 11 heavy (non-hydrogen) atoms. The van der Waals surface area contributed by atoms with Crippen LogP contribution in [0.3, 0.4) is 0 Å². The molecule has 2 heteroatoms. The van der Waals surface area contributed by atoms with Crippen LogP contribution < -0.4 is 0 Å². The Kier molecular flexibility index (Phi) is 4.83. The molecule has 0 bridgehead atoms. The van der Waals surface area contributed by atoms with Crippen LogP contribution in [0.15, 0.2) is 24.3 Å². The van der Waals surface area contributed by atoms with E-state index in [0.717, 1.165) is 0 Å². The van der Waals surface area contributed by atoms with E-state index in [1.807, 2.05) is 6.92 Å². The highest BCUT2D eigenvalue weighted by Crippen LogP contribution is 2.00. The van der Waals surface area contributed by atoms with Gasteiger partial charge in [-0.05, 0) is 18.9 Å². The van der Waals surface area contributed by atoms with Gasteiger partial charge in [-0.25, -0.2) is 0 Å². The number of aliphatic hydroxyl groups excluding tert-OH is 2. The first kappa shape index (κ1) is 10.4. The van der Waals surface area contributed by atoms with Crippen LogP contribution in [0.2, 0.25) is 0 Å². The van der Waals surface area contributed by atoms with Gasteiger partial charge in [0.1, 0.15) is 0 Å². The molecule has 0 amide bonds. The maximum Gasteiger partial charge on any atom is 0.0927 e. The molecule has 0 heterocycles. The maximum atomic E-state index is 9.17. The molecular formula is C9H16O2. The fourth-order valence-electron chi connectivity index (χ4n) is 0.534. The monoisotopic (exact) mass is 156 g/mol. The second kappa shape index (κ2) is 5.10. The predicted octanol–water partition coefficient (Wildman–Crippen LogP) is 1.25. The lowest BCUT2D eigenvalue weighted by molar-refractivity contribution is 0.213. The minimum absolute atomic E-state index is 0.455. The molecule has 0 rings (SSSR count). The van der Waals surface area contributed by atoms with Crippen molar-refractivity contribution >= 4 is 0 Å². The molecule has 0 aliphatic carbocycles. The van der Waals surface area contributed by atoms with Crippen molar-refractivity contribution in [3.8, 4) is 0 Å². The summed E-state index contributed by atoms with van der Waals surface area (Å²) in [6.45, 7) is 7.20. The Bertz CT molecular complexity index is 150. The molecule has 0 saturated carbocycles. The number of rotatable bonds is 4. The van der Waals surface area contributed by atoms with Gasteiger partial charge in [-0.1, -0.05) is 25.7 Å². The summed E-state index contributed by atoms with van der Waals surface area (Å²) in [6, 6.07) is 0. The van der Waals surface area contributed by atoms with Gasteiger partial charge in [0, 0.05) is 0 Å². The van der Waals surface area contributed by atoms with Crippen LogP contribution in [-0.4, -0.2) is 22.4 Å². The maximum absolute atomic E-state index is 9.17. The summed E-state index contributed by atoms with van der Waals surface area (Å²) >= 11 is 0. The molecule has 0 aromatic heterocycles. The Labute approximate surface area is 67.9 Å². The average Bonchev–Trinajstić information content (AvgIpc) is 1.99. The molecule has 0 fully saturated rings. The Balaban J connectivity index is 3.82. The van der Waals surface area contributed by atoms with Crippen LogP contribution in [0.1, 0.15) is 20.3 Å². The lowest BCUT2D eigenvalue weighted by atomic mass is 10.1. The highest BCUT2D eigenvalue weighted by molar-refractivity contribution is 5.09. The van der Waals surface area contributed by atoms with Crippen molar-refractivity contribution in [1.29, 1.82) is 0 Å². The third-order valence-electron chi connectivity index (χ3n) is 1.44. The van der Waals surface area contributed by atoms with E-state index in [4.69, 9.17) is 5.11 Å². The van der Waals surface area contributed by atoms with Crippen molar-refractivity contribution in [2.45, 2.75) is 32.5 Å². The lowest BCUT2D eigenvalue weighted by Gasteiger charge is -2.04. The van der Waals surface area contributed by atoms with E-state index in [2.05, 4.69) is 6.58 Å². The fraction of sp³-hybridized carbons (Fsp3) is 0.556. The van der Waals surface area contributed by atoms with Crippen molar-refractivity contribution in [1.82, 2.24) is 0 Å². The highest BCUT2D eigenvalue weighted by atomic mass is 16.3. The van der Waals surface area contributed by atoms with Crippen LogP contribution >= 0.6 is 0 Å². The van der Waals surface area contributed by atoms with Crippen molar-refractivity contribution < 1.29 is 10.2 Å². The van der Waals surface area contributed by atoms with E-state index in [0.29, 0.717) is 12.0 Å². The average molecular weight is 156 g/mol. The molecule has 0 radical (unpaired) electrons. The first-order valence-corrected chi connectivity index (χ1v) is 3.77. The van der Waals surface area contributed by atoms with E-state index in [-0.39, 0.29) is 0 Å². The summed E-state index contributed by atoms with van der Waals surface area (Å²) in [5.74, 6) is 0. The Morgan fingerprint density at radius 3 is 2.36 bits per heavy atom. The van der Waals surface area contributed by atoms with Crippen LogP contribution in [0.4, 0.5) is 0 Å². The Hall–Kier alpha value is -0.600. The van der Waals surface area contributed by atoms with E-state index >= 15 is 0 Å². The first-order valence-electron chi connectivity index (χ1n) is 3.77. The summed E-state index contributed by atoms with van der Waals surface area (Å²) in [7, 11) is 0. The first-order chi connectivity index (χ1) is 5.07. The second-order valence-corrected chi connectivity index (χ2v) is 2.65. The molecular weight excluding hydrogens is 140 g/mol. The van der Waals surface area contributed by atoms with Crippen molar-refractivity contribution in [2.75, 3.05) is 0 Å². The largest absolute Gasteiger partial charge is 0.389 e. The Morgan fingerprint density at radius 1 is 1.45 bits per heavy atom. The second-order valence-electron chi connectivity index (χ2n) is 2.65. The van der Waals surface area contributed by atoms with Gasteiger partial charge in [0.2, 0.25) is 0 Å². The summed E-state index contributed by atoms with van der Waals surface area (Å²) in [5.41, 5.74) is 0.685. The van der Waals surface area contributed by atoms with Gasteiger partial charge in [0.25, 0.3) is 0 Å². The molecule has 0 aliphatic heterocycles. The predicted molar refractivity (Wildman–Crippen MR) is 46.3 cm³/mol. The van der Waals surface area contributed by atoms with Gasteiger partial charge < -0.3 is 10.2 Å². The molecule has 2 nitrogen and oxygen atoms in total. The third-order valence-corrected chi connectivity index (χ3v) is 1.44. The van der Waals surface area contributed by atoms with Crippen LogP contribution in [0.25, 0.3) is 0 Å². The minimum atomic E-state index is -0.629. The molecule has 2 atom stereocenters. The summed E-state index contributed by atoms with van der Waals surface area (Å²) in [5, 5.41) is 18.2. The minimum Gasteiger partial charge on any atom is -0.389 e. The molecule has 2 unspecified atom stereocenters. The van der Waals surface area contributed by atoms with Gasteiger partial charge in [0.15, 0.2) is 0 Å². The zero-order chi connectivity index (χ0) is 8.85. The van der Waals surface area contributed by atoms with E-state index < -0.39 is 12.2 Å². The van der Waals surface area contributed by atoms with Crippen molar-refractivity contribution in [3.05, 3.63) is 24.3 Å². The van der Waals surface area contributed by atoms with Gasteiger partial charge in [-0.3, -0.25) is 0 Å². The van der Waals surface area contributed by atoms with E-state index in [9.17, 15) is 5.11 Å². The molecule has 0 aromatic carbocycles. The standard InChI is InChI=1S/C9H16O2/c1-4-8(10)5-6-9(11)7(2)3/h5-6,8-11H,2,4H2,1,3H3. The molecule has 0 aromatic rings. The third kappa shape index (κ3) is 4.76. The molecule has 0 spiro atoms. The molecule has 0 aliphatic rings. The summed E-state index contributed by atoms with van der Waals surface area (Å²) < 4.78 is 0. The number of hydrogen-bond acceptors (Lipinski definition) is 2. The van der Waals surface area contributed by atoms with Gasteiger partial charge in [-0.15, -0.1) is 0 Å². The topological polar surface area (TPSA) is 40.5 Å². The van der Waals surface area contributed by atoms with Crippen LogP contribution in [0, 0.1) is 0 Å². The van der Waals surface area contributed by atoms with Crippen molar-refractivity contribution in [2.24, 2.45) is 0 Å². The SMILES string of the molecule is C=C(C)C(O)C=CC(O)CC. The van der Waals surface area contributed by atoms with Crippen molar-refractivity contribution in [3.63, 3.8) is 0 Å². The smallest absolute Gasteiger partial charge is 0.0927 e. The zero-order valence-electron chi connectivity index (χ0n) is 7.12. The van der Waals surface area contributed by atoms with Gasteiger partial charge in [0.05, 0.1) is 12.2 Å². The quantitative estimate of drug-likeness (QED) is 0.601. The summed E-state index contributed by atoms with van der Waals surface area (Å²) in [6.07, 6.45) is 2.72. The number of hydrogen-bond donors (Lipinski definition) is 2.